The number of aromatic nitrogens is 1. The van der Waals surface area contributed by atoms with Crippen LogP contribution in [0.15, 0.2) is 34.9 Å². The highest BCUT2D eigenvalue weighted by molar-refractivity contribution is 5.92. The molecule has 1 aromatic heterocycles. The van der Waals surface area contributed by atoms with Gasteiger partial charge in [0, 0.05) is 11.5 Å². The molecule has 0 bridgehead atoms. The molecule has 2 rings (SSSR count). The Morgan fingerprint density at radius 2 is 2.05 bits per heavy atom. The molecule has 22 heavy (non-hydrogen) atoms. The Hall–Kier alpha value is -2.50. The quantitative estimate of drug-likeness (QED) is 0.888. The Labute approximate surface area is 129 Å². The Balaban J connectivity index is 1.92. The lowest BCUT2D eigenvalue weighted by atomic mass is 9.92. The molecule has 6 heteroatoms. The van der Waals surface area contributed by atoms with Crippen LogP contribution < -0.4 is 15.4 Å². The second-order valence-electron chi connectivity index (χ2n) is 5.93. The molecule has 0 aliphatic rings. The first-order chi connectivity index (χ1) is 10.4. The van der Waals surface area contributed by atoms with Gasteiger partial charge in [0.05, 0.1) is 25.0 Å². The molecular weight excluding hydrogens is 282 g/mol. The van der Waals surface area contributed by atoms with Gasteiger partial charge in [-0.05, 0) is 12.1 Å². The highest BCUT2D eigenvalue weighted by Crippen LogP contribution is 2.24. The molecule has 0 fully saturated rings. The SMILES string of the molecule is COc1ccccc1NCC(=O)Nc1cc(C(C)(C)C)no1. The van der Waals surface area contributed by atoms with Crippen molar-refractivity contribution in [3.63, 3.8) is 0 Å². The standard InChI is InChI=1S/C16H21N3O3/c1-16(2,3)13-9-15(22-19-13)18-14(20)10-17-11-7-5-6-8-12(11)21-4/h5-9,17H,10H2,1-4H3,(H,18,20). The third-order valence-corrected chi connectivity index (χ3v) is 3.09. The Morgan fingerprint density at radius 3 is 2.68 bits per heavy atom. The van der Waals surface area contributed by atoms with Gasteiger partial charge in [-0.2, -0.15) is 0 Å². The lowest BCUT2D eigenvalue weighted by Crippen LogP contribution is -2.21. The fraction of sp³-hybridized carbons (Fsp3) is 0.375. The van der Waals surface area contributed by atoms with Crippen molar-refractivity contribution in [3.05, 3.63) is 36.0 Å². The number of benzene rings is 1. The predicted octanol–water partition coefficient (Wildman–Crippen LogP) is 3.03. The Morgan fingerprint density at radius 1 is 1.32 bits per heavy atom. The molecule has 2 N–H and O–H groups in total. The summed E-state index contributed by atoms with van der Waals surface area (Å²) in [7, 11) is 1.59. The topological polar surface area (TPSA) is 76.4 Å². The minimum atomic E-state index is -0.220. The number of nitrogens with zero attached hydrogens (tertiary/aromatic N) is 1. The van der Waals surface area contributed by atoms with Crippen molar-refractivity contribution < 1.29 is 14.1 Å². The van der Waals surface area contributed by atoms with Gasteiger partial charge in [-0.25, -0.2) is 0 Å². The molecule has 0 unspecified atom stereocenters. The molecule has 0 aliphatic carbocycles. The van der Waals surface area contributed by atoms with Crippen LogP contribution in [0, 0.1) is 0 Å². The van der Waals surface area contributed by atoms with Gasteiger partial charge < -0.3 is 14.6 Å². The largest absolute Gasteiger partial charge is 0.495 e. The summed E-state index contributed by atoms with van der Waals surface area (Å²) in [5.41, 5.74) is 1.43. The van der Waals surface area contributed by atoms with Crippen LogP contribution in [-0.4, -0.2) is 24.7 Å². The summed E-state index contributed by atoms with van der Waals surface area (Å²) >= 11 is 0. The molecule has 0 saturated heterocycles. The third-order valence-electron chi connectivity index (χ3n) is 3.09. The van der Waals surface area contributed by atoms with E-state index >= 15 is 0 Å². The average Bonchev–Trinajstić information content (AvgIpc) is 2.94. The van der Waals surface area contributed by atoms with Crippen molar-refractivity contribution in [1.82, 2.24) is 5.16 Å². The number of carbonyl (C=O) groups excluding carboxylic acids is 1. The minimum absolute atomic E-state index is 0.103. The summed E-state index contributed by atoms with van der Waals surface area (Å²) in [5, 5.41) is 9.65. The molecule has 0 aliphatic heterocycles. The first kappa shape index (κ1) is 15.9. The van der Waals surface area contributed by atoms with Crippen LogP contribution in [0.5, 0.6) is 5.75 Å². The number of ether oxygens (including phenoxy) is 1. The lowest BCUT2D eigenvalue weighted by molar-refractivity contribution is -0.114. The number of nitrogens with one attached hydrogen (secondary N) is 2. The molecule has 0 radical (unpaired) electrons. The van der Waals surface area contributed by atoms with Crippen molar-refractivity contribution in [1.29, 1.82) is 0 Å². The molecule has 1 aromatic carbocycles. The number of para-hydroxylation sites is 2. The van der Waals surface area contributed by atoms with Crippen molar-refractivity contribution >= 4 is 17.5 Å². The van der Waals surface area contributed by atoms with E-state index in [2.05, 4.69) is 15.8 Å². The highest BCUT2D eigenvalue weighted by atomic mass is 16.5. The van der Waals surface area contributed by atoms with Gasteiger partial charge in [0.15, 0.2) is 0 Å². The second-order valence-corrected chi connectivity index (χ2v) is 5.93. The average molecular weight is 303 g/mol. The minimum Gasteiger partial charge on any atom is -0.495 e. The molecule has 1 heterocycles. The molecule has 0 spiro atoms. The maximum atomic E-state index is 11.9. The second kappa shape index (κ2) is 6.51. The summed E-state index contributed by atoms with van der Waals surface area (Å²) in [6, 6.07) is 9.15. The van der Waals surface area contributed by atoms with Crippen LogP contribution in [0.2, 0.25) is 0 Å². The Bertz CT molecular complexity index is 644. The summed E-state index contributed by atoms with van der Waals surface area (Å²) in [6.07, 6.45) is 0. The van der Waals surface area contributed by atoms with Gasteiger partial charge in [0.2, 0.25) is 11.8 Å². The van der Waals surface area contributed by atoms with Crippen LogP contribution in [0.25, 0.3) is 0 Å². The van der Waals surface area contributed by atoms with Crippen LogP contribution in [0.4, 0.5) is 11.6 Å². The molecule has 2 aromatic rings. The van der Waals surface area contributed by atoms with Gasteiger partial charge in [0.25, 0.3) is 0 Å². The number of anilines is 2. The van der Waals surface area contributed by atoms with Crippen LogP contribution in [-0.2, 0) is 10.2 Å². The van der Waals surface area contributed by atoms with E-state index in [1.165, 1.54) is 0 Å². The van der Waals surface area contributed by atoms with E-state index < -0.39 is 0 Å². The van der Waals surface area contributed by atoms with E-state index in [1.807, 2.05) is 45.0 Å². The van der Waals surface area contributed by atoms with Gasteiger partial charge in [-0.1, -0.05) is 38.1 Å². The van der Waals surface area contributed by atoms with E-state index in [9.17, 15) is 4.79 Å². The number of carbonyl (C=O) groups is 1. The fourth-order valence-corrected chi connectivity index (χ4v) is 1.84. The number of hydrogen-bond acceptors (Lipinski definition) is 5. The molecule has 0 saturated carbocycles. The van der Waals surface area contributed by atoms with E-state index in [0.717, 1.165) is 11.4 Å². The van der Waals surface area contributed by atoms with Gasteiger partial charge >= 0.3 is 0 Å². The van der Waals surface area contributed by atoms with Crippen LogP contribution >= 0.6 is 0 Å². The Kier molecular flexibility index (Phi) is 4.70. The maximum absolute atomic E-state index is 11.9. The zero-order chi connectivity index (χ0) is 16.2. The number of amides is 1. The predicted molar refractivity (Wildman–Crippen MR) is 85.3 cm³/mol. The number of methoxy groups -OCH3 is 1. The molecule has 118 valence electrons. The van der Waals surface area contributed by atoms with Crippen molar-refractivity contribution in [2.75, 3.05) is 24.3 Å². The van der Waals surface area contributed by atoms with Crippen molar-refractivity contribution in [3.8, 4) is 5.75 Å². The zero-order valence-corrected chi connectivity index (χ0v) is 13.3. The van der Waals surface area contributed by atoms with E-state index in [-0.39, 0.29) is 17.9 Å². The third kappa shape index (κ3) is 4.00. The first-order valence-corrected chi connectivity index (χ1v) is 7.04. The molecular formula is C16H21N3O3. The van der Waals surface area contributed by atoms with Gasteiger partial charge in [-0.3, -0.25) is 10.1 Å². The molecule has 6 nitrogen and oxygen atoms in total. The van der Waals surface area contributed by atoms with E-state index in [0.29, 0.717) is 11.6 Å². The monoisotopic (exact) mass is 303 g/mol. The highest BCUT2D eigenvalue weighted by Gasteiger charge is 2.19. The molecule has 1 amide bonds. The van der Waals surface area contributed by atoms with Crippen LogP contribution in [0.3, 0.4) is 0 Å². The number of hydrogen-bond donors (Lipinski definition) is 2. The summed E-state index contributed by atoms with van der Waals surface area (Å²) in [5.74, 6) is 0.809. The summed E-state index contributed by atoms with van der Waals surface area (Å²) in [6.45, 7) is 6.19. The fourth-order valence-electron chi connectivity index (χ4n) is 1.84. The summed E-state index contributed by atoms with van der Waals surface area (Å²) in [4.78, 5) is 11.9. The first-order valence-electron chi connectivity index (χ1n) is 7.04. The maximum Gasteiger partial charge on any atom is 0.246 e. The van der Waals surface area contributed by atoms with E-state index in [1.54, 1.807) is 13.2 Å². The van der Waals surface area contributed by atoms with Crippen molar-refractivity contribution in [2.24, 2.45) is 0 Å². The van der Waals surface area contributed by atoms with Crippen LogP contribution in [0.1, 0.15) is 26.5 Å². The normalized spacial score (nSPS) is 11.1. The lowest BCUT2D eigenvalue weighted by Gasteiger charge is -2.12. The summed E-state index contributed by atoms with van der Waals surface area (Å²) < 4.78 is 10.3. The van der Waals surface area contributed by atoms with Gasteiger partial charge in [0.1, 0.15) is 5.75 Å². The molecule has 0 atom stereocenters. The van der Waals surface area contributed by atoms with E-state index in [4.69, 9.17) is 9.26 Å². The smallest absolute Gasteiger partial charge is 0.246 e. The number of rotatable bonds is 5. The van der Waals surface area contributed by atoms with Gasteiger partial charge in [-0.15, -0.1) is 0 Å². The zero-order valence-electron chi connectivity index (χ0n) is 13.3. The van der Waals surface area contributed by atoms with Crippen molar-refractivity contribution in [2.45, 2.75) is 26.2 Å².